The van der Waals surface area contributed by atoms with E-state index in [0.29, 0.717) is 0 Å². The van der Waals surface area contributed by atoms with Gasteiger partial charge in [-0.2, -0.15) is 0 Å². The van der Waals surface area contributed by atoms with Gasteiger partial charge >= 0.3 is 12.1 Å². The molecule has 1 aromatic carbocycles. The first kappa shape index (κ1) is 18.2. The Kier molecular flexibility index (Phi) is 5.43. The molecule has 0 radical (unpaired) electrons. The molecule has 0 aliphatic carbocycles. The summed E-state index contributed by atoms with van der Waals surface area (Å²) in [6.07, 6.45) is -0.571. The average molecular weight is 350 g/mol. The van der Waals surface area contributed by atoms with E-state index in [1.807, 2.05) is 25.1 Å². The number of thiazole rings is 1. The molecule has 1 heterocycles. The number of benzene rings is 1. The van der Waals surface area contributed by atoms with E-state index >= 15 is 0 Å². The molecule has 1 N–H and O–H groups in total. The molecule has 0 aliphatic heterocycles. The summed E-state index contributed by atoms with van der Waals surface area (Å²) in [5.74, 6) is -1.07. The van der Waals surface area contributed by atoms with Crippen molar-refractivity contribution < 1.29 is 19.1 Å². The highest BCUT2D eigenvalue weighted by Gasteiger charge is 2.26. The van der Waals surface area contributed by atoms with E-state index in [-0.39, 0.29) is 6.54 Å². The van der Waals surface area contributed by atoms with E-state index < -0.39 is 23.6 Å². The number of carbonyl (C=O) groups excluding carboxylic acids is 2. The van der Waals surface area contributed by atoms with Crippen LogP contribution in [-0.2, 0) is 14.3 Å². The lowest BCUT2D eigenvalue weighted by Gasteiger charge is -2.21. The lowest BCUT2D eigenvalue weighted by Crippen LogP contribution is -2.36. The van der Waals surface area contributed by atoms with Crippen LogP contribution in [-0.4, -0.2) is 36.3 Å². The number of esters is 1. The maximum Gasteiger partial charge on any atom is 0.407 e. The van der Waals surface area contributed by atoms with Crippen LogP contribution < -0.4 is 5.32 Å². The van der Waals surface area contributed by atoms with Crippen molar-refractivity contribution in [1.82, 2.24) is 10.3 Å². The first-order chi connectivity index (χ1) is 11.2. The van der Waals surface area contributed by atoms with Gasteiger partial charge in [0.2, 0.25) is 0 Å². The predicted molar refractivity (Wildman–Crippen MR) is 93.4 cm³/mol. The number of para-hydroxylation sites is 1. The first-order valence-electron chi connectivity index (χ1n) is 7.62. The molecule has 0 bridgehead atoms. The van der Waals surface area contributed by atoms with E-state index in [1.54, 1.807) is 32.1 Å². The minimum Gasteiger partial charge on any atom is -0.468 e. The smallest absolute Gasteiger partial charge is 0.407 e. The largest absolute Gasteiger partial charge is 0.468 e. The van der Waals surface area contributed by atoms with Gasteiger partial charge in [-0.25, -0.2) is 9.78 Å². The third-order valence-electron chi connectivity index (χ3n) is 3.27. The van der Waals surface area contributed by atoms with Crippen molar-refractivity contribution in [2.75, 3.05) is 13.7 Å². The Balaban J connectivity index is 2.25. The highest BCUT2D eigenvalue weighted by molar-refractivity contribution is 7.18. The summed E-state index contributed by atoms with van der Waals surface area (Å²) in [5.41, 5.74) is 0.901. The molecule has 2 aromatic rings. The molecule has 1 atom stereocenters. The Hall–Kier alpha value is -2.15. The van der Waals surface area contributed by atoms with Crippen molar-refractivity contribution >= 4 is 33.6 Å². The number of hydrogen-bond acceptors (Lipinski definition) is 6. The van der Waals surface area contributed by atoms with Gasteiger partial charge in [0.1, 0.15) is 11.5 Å². The summed E-state index contributed by atoms with van der Waals surface area (Å²) < 4.78 is 11.1. The fourth-order valence-corrected chi connectivity index (χ4v) is 3.19. The van der Waals surface area contributed by atoms with E-state index in [9.17, 15) is 9.59 Å². The summed E-state index contributed by atoms with van der Waals surface area (Å²) in [7, 11) is 1.33. The van der Waals surface area contributed by atoms with Crippen molar-refractivity contribution in [3.05, 3.63) is 28.8 Å². The van der Waals surface area contributed by atoms with Crippen molar-refractivity contribution in [1.29, 1.82) is 0 Å². The number of fused-ring (bicyclic) bond motifs is 1. The van der Waals surface area contributed by atoms with Crippen LogP contribution in [0.1, 0.15) is 37.3 Å². The standard InChI is InChI=1S/C17H22N2O4S/c1-10-19-14-11(7-6-8-13(14)24-10)12(15(20)22-5)9-18-16(21)23-17(2,3)4/h6-8,12H,9H2,1-5H3,(H,18,21). The van der Waals surface area contributed by atoms with Crippen LogP contribution in [0.4, 0.5) is 4.79 Å². The minimum atomic E-state index is -0.646. The van der Waals surface area contributed by atoms with Crippen LogP contribution >= 0.6 is 11.3 Å². The number of alkyl carbamates (subject to hydrolysis) is 1. The number of hydrogen-bond donors (Lipinski definition) is 1. The van der Waals surface area contributed by atoms with Crippen molar-refractivity contribution in [3.63, 3.8) is 0 Å². The first-order valence-corrected chi connectivity index (χ1v) is 8.43. The van der Waals surface area contributed by atoms with Gasteiger partial charge in [0.25, 0.3) is 0 Å². The van der Waals surface area contributed by atoms with Crippen molar-refractivity contribution in [2.45, 2.75) is 39.2 Å². The Morgan fingerprint density at radius 1 is 1.33 bits per heavy atom. The molecule has 0 aliphatic rings. The van der Waals surface area contributed by atoms with Crippen LogP contribution in [0.15, 0.2) is 18.2 Å². The second kappa shape index (κ2) is 7.17. The number of amides is 1. The summed E-state index contributed by atoms with van der Waals surface area (Å²) in [5, 5.41) is 3.56. The average Bonchev–Trinajstić information content (AvgIpc) is 2.86. The lowest BCUT2D eigenvalue weighted by molar-refractivity contribution is -0.142. The molecular formula is C17H22N2O4S. The van der Waals surface area contributed by atoms with Gasteiger partial charge in [-0.3, -0.25) is 4.79 Å². The quantitative estimate of drug-likeness (QED) is 0.855. The SMILES string of the molecule is COC(=O)C(CNC(=O)OC(C)(C)C)c1cccc2sc(C)nc12. The zero-order valence-electron chi connectivity index (χ0n) is 14.5. The number of nitrogens with zero attached hydrogens (tertiary/aromatic N) is 1. The van der Waals surface area contributed by atoms with E-state index in [2.05, 4.69) is 10.3 Å². The molecule has 0 saturated heterocycles. The van der Waals surface area contributed by atoms with Crippen LogP contribution in [0.2, 0.25) is 0 Å². The van der Waals surface area contributed by atoms with Crippen molar-refractivity contribution in [2.24, 2.45) is 0 Å². The van der Waals surface area contributed by atoms with Crippen molar-refractivity contribution in [3.8, 4) is 0 Å². The van der Waals surface area contributed by atoms with Gasteiger partial charge in [-0.05, 0) is 39.3 Å². The fourth-order valence-electron chi connectivity index (χ4n) is 2.32. The molecule has 0 spiro atoms. The van der Waals surface area contributed by atoms with Gasteiger partial charge in [0.05, 0.1) is 22.3 Å². The maximum atomic E-state index is 12.2. The number of aryl methyl sites for hydroxylation is 1. The monoisotopic (exact) mass is 350 g/mol. The predicted octanol–water partition coefficient (Wildman–Crippen LogP) is 3.39. The summed E-state index contributed by atoms with van der Waals surface area (Å²) in [6, 6.07) is 5.66. The van der Waals surface area contributed by atoms with E-state index in [1.165, 1.54) is 7.11 Å². The third kappa shape index (κ3) is 4.44. The Bertz CT molecular complexity index is 749. The van der Waals surface area contributed by atoms with Gasteiger partial charge in [-0.15, -0.1) is 11.3 Å². The van der Waals surface area contributed by atoms with Crippen LogP contribution in [0, 0.1) is 6.92 Å². The van der Waals surface area contributed by atoms with Gasteiger partial charge < -0.3 is 14.8 Å². The zero-order chi connectivity index (χ0) is 17.9. The number of aromatic nitrogens is 1. The number of ether oxygens (including phenoxy) is 2. The molecule has 0 saturated carbocycles. The maximum absolute atomic E-state index is 12.2. The second-order valence-electron chi connectivity index (χ2n) is 6.39. The number of methoxy groups -OCH3 is 1. The highest BCUT2D eigenvalue weighted by atomic mass is 32.1. The Labute approximate surface area is 145 Å². The van der Waals surface area contributed by atoms with Crippen LogP contribution in [0.25, 0.3) is 10.2 Å². The number of rotatable bonds is 4. The number of nitrogens with one attached hydrogen (secondary N) is 1. The Morgan fingerprint density at radius 3 is 2.67 bits per heavy atom. The fraction of sp³-hybridized carbons (Fsp3) is 0.471. The second-order valence-corrected chi connectivity index (χ2v) is 7.62. The molecule has 24 heavy (non-hydrogen) atoms. The van der Waals surface area contributed by atoms with E-state index in [4.69, 9.17) is 9.47 Å². The highest BCUT2D eigenvalue weighted by Crippen LogP contribution is 2.29. The lowest BCUT2D eigenvalue weighted by atomic mass is 9.98. The Morgan fingerprint density at radius 2 is 2.04 bits per heavy atom. The van der Waals surface area contributed by atoms with Gasteiger partial charge in [0.15, 0.2) is 0 Å². The molecule has 6 nitrogen and oxygen atoms in total. The summed E-state index contributed by atoms with van der Waals surface area (Å²) in [6.45, 7) is 7.34. The normalized spacial score (nSPS) is 12.7. The van der Waals surface area contributed by atoms with E-state index in [0.717, 1.165) is 20.8 Å². The topological polar surface area (TPSA) is 77.5 Å². The van der Waals surface area contributed by atoms with Crippen LogP contribution in [0.3, 0.4) is 0 Å². The minimum absolute atomic E-state index is 0.0806. The molecule has 1 unspecified atom stereocenters. The third-order valence-corrected chi connectivity index (χ3v) is 4.20. The zero-order valence-corrected chi connectivity index (χ0v) is 15.3. The molecule has 2 rings (SSSR count). The van der Waals surface area contributed by atoms with Gasteiger partial charge in [0, 0.05) is 6.54 Å². The molecular weight excluding hydrogens is 328 g/mol. The van der Waals surface area contributed by atoms with Gasteiger partial charge in [-0.1, -0.05) is 12.1 Å². The number of carbonyl (C=O) groups is 2. The molecule has 130 valence electrons. The molecule has 1 aromatic heterocycles. The molecule has 7 heteroatoms. The molecule has 0 fully saturated rings. The summed E-state index contributed by atoms with van der Waals surface area (Å²) in [4.78, 5) is 28.6. The van der Waals surface area contributed by atoms with Crippen LogP contribution in [0.5, 0.6) is 0 Å². The molecule has 1 amide bonds. The summed E-state index contributed by atoms with van der Waals surface area (Å²) >= 11 is 1.56.